The lowest BCUT2D eigenvalue weighted by molar-refractivity contribution is -0.0791. The maximum absolute atomic E-state index is 9.76. The van der Waals surface area contributed by atoms with Gasteiger partial charge in [-0.05, 0) is 41.5 Å². The number of hydrogen-bond acceptors (Lipinski definition) is 3. The molecular weight excluding hydrogens is 214 g/mol. The molecule has 0 aromatic heterocycles. The van der Waals surface area contributed by atoms with E-state index in [0.717, 1.165) is 24.8 Å². The van der Waals surface area contributed by atoms with Crippen LogP contribution in [0.3, 0.4) is 0 Å². The van der Waals surface area contributed by atoms with Crippen molar-refractivity contribution in [3.05, 3.63) is 41.0 Å². The van der Waals surface area contributed by atoms with Crippen LogP contribution in [0.1, 0.15) is 35.6 Å². The third-order valence-corrected chi connectivity index (χ3v) is 3.69. The maximum Gasteiger partial charge on any atom is 0.0795 e. The predicted molar refractivity (Wildman–Crippen MR) is 65.7 cm³/mol. The van der Waals surface area contributed by atoms with Crippen LogP contribution in [0.5, 0.6) is 0 Å². The molecule has 2 N–H and O–H groups in total. The number of aryl methyl sites for hydroxylation is 1. The van der Waals surface area contributed by atoms with E-state index in [4.69, 9.17) is 0 Å². The van der Waals surface area contributed by atoms with E-state index in [-0.39, 0.29) is 6.10 Å². The van der Waals surface area contributed by atoms with Crippen molar-refractivity contribution in [1.82, 2.24) is 5.06 Å². The highest BCUT2D eigenvalue weighted by atomic mass is 16.5. The third kappa shape index (κ3) is 2.02. The summed E-state index contributed by atoms with van der Waals surface area (Å²) in [6.07, 6.45) is 4.60. The monoisotopic (exact) mass is 231 g/mol. The van der Waals surface area contributed by atoms with Crippen LogP contribution in [-0.4, -0.2) is 28.5 Å². The largest absolute Gasteiger partial charge is 0.388 e. The highest BCUT2D eigenvalue weighted by molar-refractivity contribution is 5.68. The molecule has 1 aromatic rings. The number of hydroxylamine groups is 2. The first-order valence-corrected chi connectivity index (χ1v) is 6.18. The molecule has 0 spiro atoms. The summed E-state index contributed by atoms with van der Waals surface area (Å²) in [7, 11) is 0. The van der Waals surface area contributed by atoms with Gasteiger partial charge in [0.1, 0.15) is 0 Å². The molecule has 1 heterocycles. The lowest BCUT2D eigenvalue weighted by atomic mass is 9.98. The number of hydrogen-bond donors (Lipinski definition) is 2. The normalized spacial score (nSPS) is 24.6. The number of rotatable bonds is 1. The van der Waals surface area contributed by atoms with Crippen molar-refractivity contribution < 1.29 is 10.3 Å². The van der Waals surface area contributed by atoms with Gasteiger partial charge in [0, 0.05) is 13.1 Å². The molecular formula is C14H17NO2. The van der Waals surface area contributed by atoms with Crippen molar-refractivity contribution in [2.75, 3.05) is 13.1 Å². The van der Waals surface area contributed by atoms with Gasteiger partial charge >= 0.3 is 0 Å². The summed E-state index contributed by atoms with van der Waals surface area (Å²) in [5.74, 6) is 0. The van der Waals surface area contributed by atoms with E-state index >= 15 is 0 Å². The molecule has 3 heteroatoms. The van der Waals surface area contributed by atoms with E-state index in [1.807, 2.05) is 6.07 Å². The Morgan fingerprint density at radius 1 is 1.29 bits per heavy atom. The molecule has 1 atom stereocenters. The molecule has 1 aromatic carbocycles. The second kappa shape index (κ2) is 4.26. The second-order valence-electron chi connectivity index (χ2n) is 4.87. The summed E-state index contributed by atoms with van der Waals surface area (Å²) in [5.41, 5.74) is 4.69. The Hall–Kier alpha value is -1.16. The summed E-state index contributed by atoms with van der Waals surface area (Å²) < 4.78 is 0. The van der Waals surface area contributed by atoms with Crippen LogP contribution in [0.15, 0.2) is 24.3 Å². The molecule has 3 rings (SSSR count). The van der Waals surface area contributed by atoms with Gasteiger partial charge in [-0.2, -0.15) is 5.06 Å². The summed E-state index contributed by atoms with van der Waals surface area (Å²) in [6, 6.07) is 6.24. The van der Waals surface area contributed by atoms with Crippen molar-refractivity contribution in [1.29, 1.82) is 0 Å². The minimum atomic E-state index is -0.284. The van der Waals surface area contributed by atoms with E-state index in [1.54, 1.807) is 0 Å². The zero-order valence-electron chi connectivity index (χ0n) is 9.76. The van der Waals surface area contributed by atoms with Crippen LogP contribution >= 0.6 is 0 Å². The van der Waals surface area contributed by atoms with Gasteiger partial charge in [0.2, 0.25) is 0 Å². The van der Waals surface area contributed by atoms with Crippen molar-refractivity contribution in [2.45, 2.75) is 25.4 Å². The molecule has 1 aliphatic carbocycles. The van der Waals surface area contributed by atoms with Crippen molar-refractivity contribution >= 4 is 5.57 Å². The van der Waals surface area contributed by atoms with Crippen LogP contribution < -0.4 is 0 Å². The van der Waals surface area contributed by atoms with Gasteiger partial charge in [-0.3, -0.25) is 0 Å². The molecule has 0 saturated heterocycles. The Bertz CT molecular complexity index is 467. The first kappa shape index (κ1) is 11.0. The van der Waals surface area contributed by atoms with Crippen LogP contribution in [0.4, 0.5) is 0 Å². The minimum absolute atomic E-state index is 0.284. The average molecular weight is 231 g/mol. The number of benzene rings is 1. The molecule has 2 aliphatic rings. The van der Waals surface area contributed by atoms with Crippen LogP contribution in [0, 0.1) is 0 Å². The van der Waals surface area contributed by atoms with E-state index < -0.39 is 0 Å². The van der Waals surface area contributed by atoms with E-state index in [1.165, 1.54) is 21.8 Å². The Morgan fingerprint density at radius 3 is 3.00 bits per heavy atom. The SMILES string of the molecule is OC1CCc2cc(C3=CCCN(O)C3)ccc21. The van der Waals surface area contributed by atoms with E-state index in [9.17, 15) is 10.3 Å². The smallest absolute Gasteiger partial charge is 0.0795 e. The van der Waals surface area contributed by atoms with Gasteiger partial charge in [-0.1, -0.05) is 24.3 Å². The van der Waals surface area contributed by atoms with Crippen molar-refractivity contribution in [2.24, 2.45) is 0 Å². The second-order valence-corrected chi connectivity index (χ2v) is 4.87. The van der Waals surface area contributed by atoms with Crippen LogP contribution in [-0.2, 0) is 6.42 Å². The van der Waals surface area contributed by atoms with Gasteiger partial charge in [0.25, 0.3) is 0 Å². The summed E-state index contributed by atoms with van der Waals surface area (Å²) >= 11 is 0. The molecule has 0 saturated carbocycles. The predicted octanol–water partition coefficient (Wildman–Crippen LogP) is 2.14. The van der Waals surface area contributed by atoms with Gasteiger partial charge in [-0.25, -0.2) is 0 Å². The molecule has 1 aliphatic heterocycles. The van der Waals surface area contributed by atoms with Gasteiger partial charge in [0.05, 0.1) is 6.10 Å². The Labute approximate surface area is 101 Å². The first-order chi connectivity index (χ1) is 8.24. The van der Waals surface area contributed by atoms with Gasteiger partial charge in [-0.15, -0.1) is 0 Å². The fourth-order valence-electron chi connectivity index (χ4n) is 2.73. The molecule has 0 amide bonds. The van der Waals surface area contributed by atoms with Gasteiger partial charge < -0.3 is 10.3 Å². The van der Waals surface area contributed by atoms with E-state index in [0.29, 0.717) is 13.1 Å². The Balaban J connectivity index is 1.92. The number of aliphatic hydroxyl groups excluding tert-OH is 1. The Morgan fingerprint density at radius 2 is 2.18 bits per heavy atom. The highest BCUT2D eigenvalue weighted by Gasteiger charge is 2.21. The number of fused-ring (bicyclic) bond motifs is 1. The maximum atomic E-state index is 9.76. The highest BCUT2D eigenvalue weighted by Crippen LogP contribution is 2.33. The quantitative estimate of drug-likeness (QED) is 0.778. The van der Waals surface area contributed by atoms with E-state index in [2.05, 4.69) is 18.2 Å². The first-order valence-electron chi connectivity index (χ1n) is 6.18. The molecule has 0 bridgehead atoms. The lowest BCUT2D eigenvalue weighted by Gasteiger charge is -2.21. The number of aliphatic hydroxyl groups is 1. The molecule has 90 valence electrons. The molecule has 17 heavy (non-hydrogen) atoms. The number of nitrogens with zero attached hydrogens (tertiary/aromatic N) is 1. The minimum Gasteiger partial charge on any atom is -0.388 e. The molecule has 1 unspecified atom stereocenters. The summed E-state index contributed by atoms with van der Waals surface area (Å²) in [4.78, 5) is 0. The van der Waals surface area contributed by atoms with Crippen molar-refractivity contribution in [3.8, 4) is 0 Å². The topological polar surface area (TPSA) is 43.7 Å². The summed E-state index contributed by atoms with van der Waals surface area (Å²) in [5, 5.41) is 20.6. The third-order valence-electron chi connectivity index (χ3n) is 3.69. The standard InChI is InChI=1S/C14H17NO2/c16-14-6-4-11-8-10(3-5-13(11)14)12-2-1-7-15(17)9-12/h2-3,5,8,14,16-17H,1,4,6-7,9H2. The Kier molecular flexibility index (Phi) is 2.74. The van der Waals surface area contributed by atoms with Crippen molar-refractivity contribution in [3.63, 3.8) is 0 Å². The van der Waals surface area contributed by atoms with Crippen LogP contribution in [0.25, 0.3) is 5.57 Å². The average Bonchev–Trinajstić information content (AvgIpc) is 2.71. The lowest BCUT2D eigenvalue weighted by Crippen LogP contribution is -2.25. The fraction of sp³-hybridized carbons (Fsp3) is 0.429. The van der Waals surface area contributed by atoms with Gasteiger partial charge in [0.15, 0.2) is 0 Å². The molecule has 3 nitrogen and oxygen atoms in total. The zero-order valence-corrected chi connectivity index (χ0v) is 9.76. The molecule has 0 fully saturated rings. The fourth-order valence-corrected chi connectivity index (χ4v) is 2.73. The summed E-state index contributed by atoms with van der Waals surface area (Å²) in [6.45, 7) is 1.31. The molecule has 0 radical (unpaired) electrons. The van der Waals surface area contributed by atoms with Crippen LogP contribution in [0.2, 0.25) is 0 Å². The zero-order chi connectivity index (χ0) is 11.8.